The molecule has 0 radical (unpaired) electrons. The van der Waals surface area contributed by atoms with Crippen molar-refractivity contribution in [2.24, 2.45) is 11.3 Å². The van der Waals surface area contributed by atoms with E-state index in [4.69, 9.17) is 4.74 Å². The Balaban J connectivity index is 4.41. The van der Waals surface area contributed by atoms with E-state index in [-0.39, 0.29) is 17.6 Å². The van der Waals surface area contributed by atoms with Crippen LogP contribution in [-0.4, -0.2) is 17.7 Å². The van der Waals surface area contributed by atoms with Gasteiger partial charge in [0.05, 0.1) is 0 Å². The highest BCUT2D eigenvalue weighted by Gasteiger charge is 2.25. The molecule has 0 bridgehead atoms. The number of nitrogens with one attached hydrogen (secondary N) is 1. The molecule has 0 aliphatic rings. The summed E-state index contributed by atoms with van der Waals surface area (Å²) in [5.74, 6) is 0.404. The van der Waals surface area contributed by atoms with Gasteiger partial charge in [0.1, 0.15) is 5.60 Å². The molecule has 3 heteroatoms. The van der Waals surface area contributed by atoms with E-state index in [2.05, 4.69) is 39.9 Å². The Morgan fingerprint density at radius 2 is 1.59 bits per heavy atom. The third kappa shape index (κ3) is 9.02. The van der Waals surface area contributed by atoms with Crippen LogP contribution < -0.4 is 5.32 Å². The number of hydrogen-bond acceptors (Lipinski definition) is 2. The maximum absolute atomic E-state index is 11.7. The molecule has 0 aliphatic heterocycles. The molecule has 102 valence electrons. The summed E-state index contributed by atoms with van der Waals surface area (Å²) in [5, 5.41) is 2.97. The Morgan fingerprint density at radius 3 is 1.88 bits per heavy atom. The van der Waals surface area contributed by atoms with Crippen LogP contribution in [0.4, 0.5) is 4.79 Å². The summed E-state index contributed by atoms with van der Waals surface area (Å²) < 4.78 is 5.28. The van der Waals surface area contributed by atoms with Gasteiger partial charge in [0, 0.05) is 6.04 Å². The second-order valence-corrected chi connectivity index (χ2v) is 7.26. The van der Waals surface area contributed by atoms with E-state index in [0.29, 0.717) is 5.92 Å². The molecule has 3 nitrogen and oxygen atoms in total. The molecule has 1 N–H and O–H groups in total. The van der Waals surface area contributed by atoms with Crippen molar-refractivity contribution in [2.75, 3.05) is 0 Å². The lowest BCUT2D eigenvalue weighted by atomic mass is 9.84. The minimum absolute atomic E-state index is 0.157. The van der Waals surface area contributed by atoms with Crippen molar-refractivity contribution in [1.29, 1.82) is 0 Å². The molecule has 17 heavy (non-hydrogen) atoms. The van der Waals surface area contributed by atoms with Gasteiger partial charge in [-0.25, -0.2) is 4.79 Å². The first kappa shape index (κ1) is 16.3. The van der Waals surface area contributed by atoms with Crippen LogP contribution in [0, 0.1) is 11.3 Å². The number of carbonyl (C=O) groups is 1. The Kier molecular flexibility index (Phi) is 5.50. The fourth-order valence-corrected chi connectivity index (χ4v) is 1.57. The molecule has 0 spiro atoms. The zero-order valence-corrected chi connectivity index (χ0v) is 12.7. The van der Waals surface area contributed by atoms with E-state index in [9.17, 15) is 4.79 Å². The summed E-state index contributed by atoms with van der Waals surface area (Å²) in [6.45, 7) is 16.4. The van der Waals surface area contributed by atoms with Crippen molar-refractivity contribution in [2.45, 2.75) is 73.5 Å². The first-order valence-corrected chi connectivity index (χ1v) is 6.40. The molecule has 1 amide bonds. The van der Waals surface area contributed by atoms with Gasteiger partial charge in [0.2, 0.25) is 0 Å². The minimum atomic E-state index is -0.437. The van der Waals surface area contributed by atoms with Crippen LogP contribution in [-0.2, 0) is 4.74 Å². The molecule has 0 fully saturated rings. The van der Waals surface area contributed by atoms with Gasteiger partial charge < -0.3 is 10.1 Å². The zero-order valence-electron chi connectivity index (χ0n) is 12.7. The molecule has 0 saturated heterocycles. The topological polar surface area (TPSA) is 38.3 Å². The molecule has 0 heterocycles. The van der Waals surface area contributed by atoms with E-state index in [1.54, 1.807) is 0 Å². The fraction of sp³-hybridized carbons (Fsp3) is 0.929. The lowest BCUT2D eigenvalue weighted by molar-refractivity contribution is 0.0475. The number of rotatable bonds is 3. The summed E-state index contributed by atoms with van der Waals surface area (Å²) in [5.41, 5.74) is -0.239. The molecule has 0 rings (SSSR count). The molecule has 1 atom stereocenters. The third-order valence-corrected chi connectivity index (χ3v) is 2.34. The Morgan fingerprint density at radius 1 is 1.12 bits per heavy atom. The summed E-state index contributed by atoms with van der Waals surface area (Å²) in [7, 11) is 0. The van der Waals surface area contributed by atoms with Crippen molar-refractivity contribution < 1.29 is 9.53 Å². The van der Waals surface area contributed by atoms with Gasteiger partial charge >= 0.3 is 6.09 Å². The Labute approximate surface area is 106 Å². The predicted octanol–water partition coefficient (Wildman–Crippen LogP) is 3.97. The van der Waals surface area contributed by atoms with E-state index in [1.807, 2.05) is 20.8 Å². The number of alkyl carbamates (subject to hydrolysis) is 1. The summed E-state index contributed by atoms with van der Waals surface area (Å²) in [6.07, 6.45) is 0.629. The summed E-state index contributed by atoms with van der Waals surface area (Å²) in [4.78, 5) is 11.7. The maximum Gasteiger partial charge on any atom is 0.407 e. The maximum atomic E-state index is 11.7. The first-order valence-electron chi connectivity index (χ1n) is 6.40. The smallest absolute Gasteiger partial charge is 0.407 e. The fourth-order valence-electron chi connectivity index (χ4n) is 1.57. The second-order valence-electron chi connectivity index (χ2n) is 7.26. The lowest BCUT2D eigenvalue weighted by Gasteiger charge is -2.30. The number of ether oxygens (including phenoxy) is 1. The largest absolute Gasteiger partial charge is 0.444 e. The molecule has 0 aliphatic carbocycles. The number of carbonyl (C=O) groups excluding carboxylic acids is 1. The molecule has 0 saturated carbocycles. The first-order chi connectivity index (χ1) is 7.41. The van der Waals surface area contributed by atoms with Crippen LogP contribution in [0.2, 0.25) is 0 Å². The number of hydrogen-bond donors (Lipinski definition) is 1. The molecule has 0 aromatic carbocycles. The van der Waals surface area contributed by atoms with Crippen molar-refractivity contribution in [1.82, 2.24) is 5.32 Å². The van der Waals surface area contributed by atoms with Crippen molar-refractivity contribution in [3.8, 4) is 0 Å². The minimum Gasteiger partial charge on any atom is -0.444 e. The van der Waals surface area contributed by atoms with Gasteiger partial charge in [-0.15, -0.1) is 0 Å². The van der Waals surface area contributed by atoms with Crippen LogP contribution in [0.5, 0.6) is 0 Å². The summed E-state index contributed by atoms with van der Waals surface area (Å²) in [6, 6.07) is 0.157. The predicted molar refractivity (Wildman–Crippen MR) is 72.1 cm³/mol. The average molecular weight is 243 g/mol. The zero-order chi connectivity index (χ0) is 13.9. The quantitative estimate of drug-likeness (QED) is 0.814. The normalized spacial score (nSPS) is 14.6. The highest BCUT2D eigenvalue weighted by atomic mass is 16.6. The molecule has 1 unspecified atom stereocenters. The van der Waals surface area contributed by atoms with E-state index >= 15 is 0 Å². The Hall–Kier alpha value is -0.730. The molecule has 0 aromatic rings. The Bertz CT molecular complexity index is 246. The van der Waals surface area contributed by atoms with E-state index in [0.717, 1.165) is 6.42 Å². The highest BCUT2D eigenvalue weighted by molar-refractivity contribution is 5.68. The van der Waals surface area contributed by atoms with Crippen LogP contribution in [0.3, 0.4) is 0 Å². The lowest BCUT2D eigenvalue weighted by Crippen LogP contribution is -2.43. The standard InChI is InChI=1S/C14H29NO2/c1-10(2)11(9-13(3,4)5)15-12(16)17-14(6,7)8/h10-11H,9H2,1-8H3,(H,15,16). The molecular formula is C14H29NO2. The van der Waals surface area contributed by atoms with Crippen LogP contribution in [0.25, 0.3) is 0 Å². The van der Waals surface area contributed by atoms with Crippen LogP contribution >= 0.6 is 0 Å². The van der Waals surface area contributed by atoms with Crippen molar-refractivity contribution in [3.05, 3.63) is 0 Å². The monoisotopic (exact) mass is 243 g/mol. The van der Waals surface area contributed by atoms with E-state index < -0.39 is 5.60 Å². The SMILES string of the molecule is CC(C)C(CC(C)(C)C)NC(=O)OC(C)(C)C. The number of amides is 1. The van der Waals surface area contributed by atoms with Gasteiger partial charge in [-0.05, 0) is 38.5 Å². The van der Waals surface area contributed by atoms with Gasteiger partial charge in [-0.1, -0.05) is 34.6 Å². The molecule has 0 aromatic heterocycles. The van der Waals surface area contributed by atoms with Crippen molar-refractivity contribution in [3.63, 3.8) is 0 Å². The van der Waals surface area contributed by atoms with Gasteiger partial charge in [0.15, 0.2) is 0 Å². The average Bonchev–Trinajstić information content (AvgIpc) is 1.95. The molecular weight excluding hydrogens is 214 g/mol. The van der Waals surface area contributed by atoms with Crippen LogP contribution in [0.1, 0.15) is 61.8 Å². The van der Waals surface area contributed by atoms with Gasteiger partial charge in [-0.2, -0.15) is 0 Å². The van der Waals surface area contributed by atoms with E-state index in [1.165, 1.54) is 0 Å². The van der Waals surface area contributed by atoms with Gasteiger partial charge in [0.25, 0.3) is 0 Å². The third-order valence-electron chi connectivity index (χ3n) is 2.34. The van der Waals surface area contributed by atoms with Gasteiger partial charge in [-0.3, -0.25) is 0 Å². The van der Waals surface area contributed by atoms with Crippen molar-refractivity contribution >= 4 is 6.09 Å². The summed E-state index contributed by atoms with van der Waals surface area (Å²) >= 11 is 0. The highest BCUT2D eigenvalue weighted by Crippen LogP contribution is 2.24. The van der Waals surface area contributed by atoms with Crippen LogP contribution in [0.15, 0.2) is 0 Å². The second kappa shape index (κ2) is 5.74.